The molecular formula is C18H14ClN3O2. The summed E-state index contributed by atoms with van der Waals surface area (Å²) < 4.78 is 0. The summed E-state index contributed by atoms with van der Waals surface area (Å²) in [6, 6.07) is 15.2. The lowest BCUT2D eigenvalue weighted by atomic mass is 10.1. The average molecular weight is 340 g/mol. The summed E-state index contributed by atoms with van der Waals surface area (Å²) in [5, 5.41) is 15.0. The summed E-state index contributed by atoms with van der Waals surface area (Å²) in [6.07, 6.45) is 1.29. The Morgan fingerprint density at radius 3 is 2.38 bits per heavy atom. The van der Waals surface area contributed by atoms with Gasteiger partial charge in [-0.1, -0.05) is 23.7 Å². The second kappa shape index (κ2) is 7.95. The third-order valence-corrected chi connectivity index (χ3v) is 3.49. The summed E-state index contributed by atoms with van der Waals surface area (Å²) in [5.41, 5.74) is 1.52. The number of carbonyl (C=O) groups excluding carboxylic acids is 2. The minimum atomic E-state index is -0.562. The third-order valence-electron chi connectivity index (χ3n) is 3.16. The number of anilines is 2. The van der Waals surface area contributed by atoms with Gasteiger partial charge in [-0.25, -0.2) is 0 Å². The quantitative estimate of drug-likeness (QED) is 0.490. The molecule has 0 saturated heterocycles. The molecule has 24 heavy (non-hydrogen) atoms. The average Bonchev–Trinajstić information content (AvgIpc) is 2.57. The molecule has 120 valence electrons. The number of amides is 1. The first kappa shape index (κ1) is 17.3. The molecule has 0 atom stereocenters. The van der Waals surface area contributed by atoms with Crippen LogP contribution in [0.5, 0.6) is 0 Å². The van der Waals surface area contributed by atoms with E-state index in [9.17, 15) is 9.59 Å². The normalized spacial score (nSPS) is 10.6. The van der Waals surface area contributed by atoms with Gasteiger partial charge in [-0.05, 0) is 43.3 Å². The zero-order valence-corrected chi connectivity index (χ0v) is 13.6. The van der Waals surface area contributed by atoms with Crippen molar-refractivity contribution in [2.75, 3.05) is 10.6 Å². The number of benzene rings is 2. The molecule has 1 amide bonds. The van der Waals surface area contributed by atoms with Crippen molar-refractivity contribution in [3.63, 3.8) is 0 Å². The van der Waals surface area contributed by atoms with Gasteiger partial charge in [-0.3, -0.25) is 9.59 Å². The zero-order chi connectivity index (χ0) is 17.5. The van der Waals surface area contributed by atoms with Crippen molar-refractivity contribution in [2.45, 2.75) is 6.92 Å². The van der Waals surface area contributed by atoms with Crippen LogP contribution < -0.4 is 10.6 Å². The first-order chi connectivity index (χ1) is 11.5. The first-order valence-corrected chi connectivity index (χ1v) is 7.42. The molecule has 0 aliphatic rings. The Labute approximate surface area is 144 Å². The molecule has 0 radical (unpaired) electrons. The number of nitrogens with zero attached hydrogens (tertiary/aromatic N) is 1. The molecule has 0 aliphatic heterocycles. The predicted molar refractivity (Wildman–Crippen MR) is 93.8 cm³/mol. The number of hydrogen-bond donors (Lipinski definition) is 2. The molecule has 5 nitrogen and oxygen atoms in total. The number of nitrogens with one attached hydrogen (secondary N) is 2. The molecule has 2 N–H and O–H groups in total. The van der Waals surface area contributed by atoms with E-state index in [0.717, 1.165) is 0 Å². The highest BCUT2D eigenvalue weighted by Gasteiger charge is 2.10. The van der Waals surface area contributed by atoms with Gasteiger partial charge in [0, 0.05) is 17.5 Å². The van der Waals surface area contributed by atoms with Crippen LogP contribution in [0, 0.1) is 11.3 Å². The van der Waals surface area contributed by atoms with Gasteiger partial charge >= 0.3 is 0 Å². The summed E-state index contributed by atoms with van der Waals surface area (Å²) in [4.78, 5) is 23.3. The van der Waals surface area contributed by atoms with E-state index in [1.165, 1.54) is 13.1 Å². The molecule has 2 aromatic rings. The van der Waals surface area contributed by atoms with Crippen LogP contribution in [0.3, 0.4) is 0 Å². The Hall–Kier alpha value is -3.10. The number of para-hydroxylation sites is 1. The maximum absolute atomic E-state index is 12.1. The van der Waals surface area contributed by atoms with Gasteiger partial charge in [-0.15, -0.1) is 0 Å². The third kappa shape index (κ3) is 4.45. The zero-order valence-electron chi connectivity index (χ0n) is 12.8. The van der Waals surface area contributed by atoms with Crippen LogP contribution in [-0.4, -0.2) is 11.7 Å². The van der Waals surface area contributed by atoms with Crippen LogP contribution in [-0.2, 0) is 4.79 Å². The van der Waals surface area contributed by atoms with Gasteiger partial charge in [0.1, 0.15) is 11.6 Å². The van der Waals surface area contributed by atoms with Crippen LogP contribution in [0.2, 0.25) is 5.02 Å². The van der Waals surface area contributed by atoms with Crippen molar-refractivity contribution in [1.82, 2.24) is 0 Å². The summed E-state index contributed by atoms with van der Waals surface area (Å²) in [7, 11) is 0. The minimum absolute atomic E-state index is 0.0607. The Morgan fingerprint density at radius 1 is 1.12 bits per heavy atom. The standard InChI is InChI=1S/C18H14ClN3O2/c1-12(23)13-6-8-15(9-7-13)22-18(24)14(10-20)11-21-17-5-3-2-4-16(17)19/h2-9,11,21H,1H3,(H,22,24)/b14-11-. The molecule has 0 aliphatic carbocycles. The van der Waals surface area contributed by atoms with E-state index in [4.69, 9.17) is 16.9 Å². The Balaban J connectivity index is 2.08. The SMILES string of the molecule is CC(=O)c1ccc(NC(=O)/C(C#N)=C\Nc2ccccc2Cl)cc1. The van der Waals surface area contributed by atoms with Crippen molar-refractivity contribution in [2.24, 2.45) is 0 Å². The number of halogens is 1. The van der Waals surface area contributed by atoms with Crippen molar-refractivity contribution in [3.05, 3.63) is 70.9 Å². The molecule has 0 bridgehead atoms. The molecular weight excluding hydrogens is 326 g/mol. The minimum Gasteiger partial charge on any atom is -0.359 e. The highest BCUT2D eigenvalue weighted by molar-refractivity contribution is 6.33. The van der Waals surface area contributed by atoms with Crippen LogP contribution in [0.4, 0.5) is 11.4 Å². The second-order valence-corrected chi connectivity index (χ2v) is 5.29. The molecule has 2 rings (SSSR count). The summed E-state index contributed by atoms with van der Waals surface area (Å²) in [5.74, 6) is -0.623. The molecule has 0 aromatic heterocycles. The Bertz CT molecular complexity index is 836. The lowest BCUT2D eigenvalue weighted by Gasteiger charge is -2.06. The van der Waals surface area contributed by atoms with Gasteiger partial charge < -0.3 is 10.6 Å². The topological polar surface area (TPSA) is 82.0 Å². The van der Waals surface area contributed by atoms with Crippen molar-refractivity contribution in [1.29, 1.82) is 5.26 Å². The van der Waals surface area contributed by atoms with Gasteiger partial charge in [0.25, 0.3) is 5.91 Å². The second-order valence-electron chi connectivity index (χ2n) is 4.88. The maximum atomic E-state index is 12.1. The molecule has 0 unspecified atom stereocenters. The molecule has 6 heteroatoms. The maximum Gasteiger partial charge on any atom is 0.267 e. The van der Waals surface area contributed by atoms with E-state index in [1.54, 1.807) is 48.5 Å². The lowest BCUT2D eigenvalue weighted by Crippen LogP contribution is -2.14. The van der Waals surface area contributed by atoms with E-state index in [-0.39, 0.29) is 11.4 Å². The van der Waals surface area contributed by atoms with Gasteiger partial charge in [0.15, 0.2) is 5.78 Å². The number of Topliss-reactive ketones (excluding diaryl/α,β-unsaturated/α-hetero) is 1. The van der Waals surface area contributed by atoms with E-state index < -0.39 is 5.91 Å². The Morgan fingerprint density at radius 2 is 1.79 bits per heavy atom. The number of ketones is 1. The van der Waals surface area contributed by atoms with E-state index in [1.807, 2.05) is 6.07 Å². The predicted octanol–water partition coefficient (Wildman–Crippen LogP) is 4.00. The van der Waals surface area contributed by atoms with Crippen LogP contribution >= 0.6 is 11.6 Å². The molecule has 0 spiro atoms. The fourth-order valence-corrected chi connectivity index (χ4v) is 2.05. The molecule has 2 aromatic carbocycles. The fraction of sp³-hybridized carbons (Fsp3) is 0.0556. The van der Waals surface area contributed by atoms with Crippen molar-refractivity contribution < 1.29 is 9.59 Å². The van der Waals surface area contributed by atoms with Gasteiger partial charge in [-0.2, -0.15) is 5.26 Å². The summed E-state index contributed by atoms with van der Waals surface area (Å²) >= 11 is 6.00. The van der Waals surface area contributed by atoms with E-state index in [2.05, 4.69) is 10.6 Å². The largest absolute Gasteiger partial charge is 0.359 e. The highest BCUT2D eigenvalue weighted by Crippen LogP contribution is 2.20. The van der Waals surface area contributed by atoms with E-state index >= 15 is 0 Å². The molecule has 0 fully saturated rings. The van der Waals surface area contributed by atoms with Gasteiger partial charge in [0.05, 0.1) is 10.7 Å². The Kier molecular flexibility index (Phi) is 5.72. The number of carbonyl (C=O) groups is 2. The van der Waals surface area contributed by atoms with Crippen LogP contribution in [0.15, 0.2) is 60.3 Å². The van der Waals surface area contributed by atoms with Crippen molar-refractivity contribution in [3.8, 4) is 6.07 Å². The highest BCUT2D eigenvalue weighted by atomic mass is 35.5. The first-order valence-electron chi connectivity index (χ1n) is 7.05. The fourth-order valence-electron chi connectivity index (χ4n) is 1.86. The number of hydrogen-bond acceptors (Lipinski definition) is 4. The smallest absolute Gasteiger partial charge is 0.267 e. The van der Waals surface area contributed by atoms with Crippen molar-refractivity contribution >= 4 is 34.7 Å². The molecule has 0 heterocycles. The monoisotopic (exact) mass is 339 g/mol. The number of nitriles is 1. The number of rotatable bonds is 5. The summed E-state index contributed by atoms with van der Waals surface area (Å²) in [6.45, 7) is 1.46. The van der Waals surface area contributed by atoms with Crippen LogP contribution in [0.25, 0.3) is 0 Å². The van der Waals surface area contributed by atoms with Crippen LogP contribution in [0.1, 0.15) is 17.3 Å². The molecule has 0 saturated carbocycles. The van der Waals surface area contributed by atoms with Gasteiger partial charge in [0.2, 0.25) is 0 Å². The lowest BCUT2D eigenvalue weighted by molar-refractivity contribution is -0.112. The van der Waals surface area contributed by atoms with E-state index in [0.29, 0.717) is 22.0 Å².